The average molecular weight is 446 g/mol. The molecule has 4 aromatic rings. The van der Waals surface area contributed by atoms with Gasteiger partial charge in [0.15, 0.2) is 10.7 Å². The largest absolute Gasteiger partial charge is 0.494 e. The van der Waals surface area contributed by atoms with E-state index in [9.17, 15) is 4.79 Å². The van der Waals surface area contributed by atoms with Crippen LogP contribution in [-0.2, 0) is 0 Å². The number of amides is 1. The van der Waals surface area contributed by atoms with E-state index < -0.39 is 0 Å². The fraction of sp³-hybridized carbons (Fsp3) is 0.160. The highest BCUT2D eigenvalue weighted by Crippen LogP contribution is 2.27. The predicted molar refractivity (Wildman–Crippen MR) is 130 cm³/mol. The number of nitrogens with zero attached hydrogens (tertiary/aromatic N) is 1. The average Bonchev–Trinajstić information content (AvgIpc) is 3.18. The maximum absolute atomic E-state index is 12.4. The number of oxazole rings is 1. The third kappa shape index (κ3) is 4.78. The molecular formula is C25H23N3O3S. The Bertz CT molecular complexity index is 1240. The normalized spacial score (nSPS) is 10.7. The molecule has 0 aliphatic heterocycles. The van der Waals surface area contributed by atoms with Crippen LogP contribution in [0.5, 0.6) is 5.75 Å². The van der Waals surface area contributed by atoms with Crippen molar-refractivity contribution in [2.24, 2.45) is 0 Å². The van der Waals surface area contributed by atoms with Gasteiger partial charge in [-0.25, -0.2) is 4.98 Å². The van der Waals surface area contributed by atoms with Crippen molar-refractivity contribution in [1.29, 1.82) is 0 Å². The molecule has 1 heterocycles. The van der Waals surface area contributed by atoms with Crippen molar-refractivity contribution in [2.45, 2.75) is 20.8 Å². The number of nitrogens with one attached hydrogen (secondary N) is 2. The van der Waals surface area contributed by atoms with Gasteiger partial charge >= 0.3 is 0 Å². The Morgan fingerprint density at radius 3 is 2.41 bits per heavy atom. The van der Waals surface area contributed by atoms with Crippen LogP contribution in [-0.4, -0.2) is 22.6 Å². The summed E-state index contributed by atoms with van der Waals surface area (Å²) in [5.41, 5.74) is 6.04. The van der Waals surface area contributed by atoms with Crippen molar-refractivity contribution in [3.05, 3.63) is 77.4 Å². The van der Waals surface area contributed by atoms with E-state index in [1.165, 1.54) is 11.1 Å². The summed E-state index contributed by atoms with van der Waals surface area (Å²) in [7, 11) is 0. The van der Waals surface area contributed by atoms with Crippen LogP contribution in [0.3, 0.4) is 0 Å². The van der Waals surface area contributed by atoms with Gasteiger partial charge in [0.25, 0.3) is 5.91 Å². The maximum Gasteiger partial charge on any atom is 0.257 e. The number of anilines is 1. The highest BCUT2D eigenvalue weighted by molar-refractivity contribution is 7.80. The molecule has 0 aliphatic carbocycles. The molecule has 0 spiro atoms. The summed E-state index contributed by atoms with van der Waals surface area (Å²) in [6, 6.07) is 18.4. The van der Waals surface area contributed by atoms with E-state index in [1.54, 1.807) is 24.3 Å². The van der Waals surface area contributed by atoms with Gasteiger partial charge in [0, 0.05) is 16.8 Å². The lowest BCUT2D eigenvalue weighted by Gasteiger charge is -2.10. The third-order valence-electron chi connectivity index (χ3n) is 5.05. The van der Waals surface area contributed by atoms with Crippen LogP contribution in [0.15, 0.2) is 65.1 Å². The SMILES string of the molecule is CCOc1ccc(C(=O)NC(=S)Nc2ccc(-c3nc4cc(C)c(C)cc4o3)cc2)cc1. The second-order valence-corrected chi connectivity index (χ2v) is 7.77. The Labute approximate surface area is 191 Å². The smallest absolute Gasteiger partial charge is 0.257 e. The van der Waals surface area contributed by atoms with E-state index in [-0.39, 0.29) is 11.0 Å². The zero-order chi connectivity index (χ0) is 22.7. The van der Waals surface area contributed by atoms with Crippen molar-refractivity contribution in [3.8, 4) is 17.2 Å². The Morgan fingerprint density at radius 1 is 1.03 bits per heavy atom. The van der Waals surface area contributed by atoms with Gasteiger partial charge in [-0.3, -0.25) is 10.1 Å². The van der Waals surface area contributed by atoms with Crippen LogP contribution >= 0.6 is 12.2 Å². The van der Waals surface area contributed by atoms with Crippen LogP contribution in [0, 0.1) is 13.8 Å². The molecule has 6 nitrogen and oxygen atoms in total. The number of aromatic nitrogens is 1. The zero-order valence-electron chi connectivity index (χ0n) is 18.1. The Kier molecular flexibility index (Phi) is 6.18. The molecule has 4 rings (SSSR count). The first-order valence-electron chi connectivity index (χ1n) is 10.3. The second-order valence-electron chi connectivity index (χ2n) is 7.37. The topological polar surface area (TPSA) is 76.4 Å². The molecule has 0 saturated carbocycles. The lowest BCUT2D eigenvalue weighted by Crippen LogP contribution is -2.34. The Morgan fingerprint density at radius 2 is 1.72 bits per heavy atom. The molecule has 0 saturated heterocycles. The van der Waals surface area contributed by atoms with Gasteiger partial charge in [0.2, 0.25) is 5.89 Å². The summed E-state index contributed by atoms with van der Waals surface area (Å²) in [6.07, 6.45) is 0. The van der Waals surface area contributed by atoms with Gasteiger partial charge in [-0.05, 0) is 105 Å². The molecule has 1 aromatic heterocycles. The summed E-state index contributed by atoms with van der Waals surface area (Å²) in [6.45, 7) is 6.59. The van der Waals surface area contributed by atoms with Crippen molar-refractivity contribution in [2.75, 3.05) is 11.9 Å². The van der Waals surface area contributed by atoms with Crippen LogP contribution in [0.4, 0.5) is 5.69 Å². The van der Waals surface area contributed by atoms with Crippen molar-refractivity contribution >= 4 is 40.0 Å². The number of thiocarbonyl (C=S) groups is 1. The minimum Gasteiger partial charge on any atom is -0.494 e. The van der Waals surface area contributed by atoms with Crippen LogP contribution in [0.25, 0.3) is 22.6 Å². The number of hydrogen-bond donors (Lipinski definition) is 2. The van der Waals surface area contributed by atoms with E-state index >= 15 is 0 Å². The van der Waals surface area contributed by atoms with Gasteiger partial charge in [0.1, 0.15) is 11.3 Å². The van der Waals surface area contributed by atoms with Crippen molar-refractivity contribution in [3.63, 3.8) is 0 Å². The van der Waals surface area contributed by atoms with Crippen LogP contribution in [0.1, 0.15) is 28.4 Å². The van der Waals surface area contributed by atoms with Gasteiger partial charge < -0.3 is 14.5 Å². The molecule has 3 aromatic carbocycles. The first-order valence-corrected chi connectivity index (χ1v) is 10.7. The summed E-state index contributed by atoms with van der Waals surface area (Å²) in [5, 5.41) is 5.91. The molecule has 0 atom stereocenters. The molecule has 0 unspecified atom stereocenters. The Hall–Kier alpha value is -3.71. The molecule has 32 heavy (non-hydrogen) atoms. The number of fused-ring (bicyclic) bond motifs is 1. The van der Waals surface area contributed by atoms with Gasteiger partial charge in [-0.15, -0.1) is 0 Å². The molecule has 0 fully saturated rings. The lowest BCUT2D eigenvalue weighted by molar-refractivity contribution is 0.0977. The van der Waals surface area contributed by atoms with E-state index in [0.717, 1.165) is 22.4 Å². The lowest BCUT2D eigenvalue weighted by atomic mass is 10.1. The number of ether oxygens (including phenoxy) is 1. The predicted octanol–water partition coefficient (Wildman–Crippen LogP) is 5.64. The standard InChI is InChI=1S/C25H23N3O3S/c1-4-30-20-11-7-17(8-12-20)23(29)28-25(32)26-19-9-5-18(6-10-19)24-27-21-13-15(2)16(3)14-22(21)31-24/h5-14H,4H2,1-3H3,(H2,26,28,29,32). The minimum absolute atomic E-state index is 0.212. The molecule has 162 valence electrons. The van der Waals surface area contributed by atoms with E-state index in [1.807, 2.05) is 43.3 Å². The third-order valence-corrected chi connectivity index (χ3v) is 5.25. The van der Waals surface area contributed by atoms with E-state index in [4.69, 9.17) is 21.4 Å². The van der Waals surface area contributed by atoms with Gasteiger partial charge in [-0.1, -0.05) is 0 Å². The van der Waals surface area contributed by atoms with E-state index in [0.29, 0.717) is 23.8 Å². The first-order chi connectivity index (χ1) is 15.4. The minimum atomic E-state index is -0.292. The molecule has 2 N–H and O–H groups in total. The zero-order valence-corrected chi connectivity index (χ0v) is 18.9. The maximum atomic E-state index is 12.4. The summed E-state index contributed by atoms with van der Waals surface area (Å²) in [4.78, 5) is 17.0. The summed E-state index contributed by atoms with van der Waals surface area (Å²) < 4.78 is 11.3. The van der Waals surface area contributed by atoms with Crippen molar-refractivity contribution in [1.82, 2.24) is 10.3 Å². The van der Waals surface area contributed by atoms with E-state index in [2.05, 4.69) is 29.5 Å². The number of rotatable bonds is 5. The van der Waals surface area contributed by atoms with Crippen LogP contribution < -0.4 is 15.4 Å². The number of hydrogen-bond acceptors (Lipinski definition) is 5. The molecule has 0 bridgehead atoms. The molecule has 0 aliphatic rings. The molecular weight excluding hydrogens is 422 g/mol. The number of benzene rings is 3. The fourth-order valence-electron chi connectivity index (χ4n) is 3.21. The summed E-state index contributed by atoms with van der Waals surface area (Å²) in [5.74, 6) is 0.983. The van der Waals surface area contributed by atoms with Gasteiger partial charge in [-0.2, -0.15) is 0 Å². The summed E-state index contributed by atoms with van der Waals surface area (Å²) >= 11 is 5.28. The Balaban J connectivity index is 1.40. The first kappa shape index (κ1) is 21.5. The number of carbonyl (C=O) groups excluding carboxylic acids is 1. The van der Waals surface area contributed by atoms with Gasteiger partial charge in [0.05, 0.1) is 6.61 Å². The molecule has 1 amide bonds. The highest BCUT2D eigenvalue weighted by atomic mass is 32.1. The van der Waals surface area contributed by atoms with Crippen LogP contribution in [0.2, 0.25) is 0 Å². The quantitative estimate of drug-likeness (QED) is 0.387. The molecule has 0 radical (unpaired) electrons. The second kappa shape index (κ2) is 9.20. The number of carbonyl (C=O) groups is 1. The molecule has 7 heteroatoms. The fourth-order valence-corrected chi connectivity index (χ4v) is 3.42. The van der Waals surface area contributed by atoms with Crippen molar-refractivity contribution < 1.29 is 13.9 Å². The highest BCUT2D eigenvalue weighted by Gasteiger charge is 2.11. The monoisotopic (exact) mass is 445 g/mol. The number of aryl methyl sites for hydroxylation is 2.